The number of hydrogen-bond acceptors (Lipinski definition) is 21. The summed E-state index contributed by atoms with van der Waals surface area (Å²) in [5.41, 5.74) is 2.16. The molecule has 4 rings (SSSR count). The third-order valence-corrected chi connectivity index (χ3v) is 12.5. The van der Waals surface area contributed by atoms with Crippen LogP contribution in [0.3, 0.4) is 0 Å². The predicted octanol–water partition coefficient (Wildman–Crippen LogP) is 0.222. The van der Waals surface area contributed by atoms with Crippen LogP contribution in [0, 0.1) is 0 Å². The molecule has 4 aromatic rings. The zero-order valence-corrected chi connectivity index (χ0v) is 50.6. The summed E-state index contributed by atoms with van der Waals surface area (Å²) >= 11 is 0.900. The zero-order chi connectivity index (χ0) is 67.6. The van der Waals surface area contributed by atoms with Crippen LogP contribution in [0.2, 0.25) is 0 Å². The van der Waals surface area contributed by atoms with Crippen molar-refractivity contribution in [2.45, 2.75) is 12.8 Å². The van der Waals surface area contributed by atoms with Crippen LogP contribution in [0.1, 0.15) is 12.8 Å². The zero-order valence-electron chi connectivity index (χ0n) is 48.7. The molecule has 4 aromatic carbocycles. The van der Waals surface area contributed by atoms with E-state index in [4.69, 9.17) is 3.50 Å². The molecule has 34 heteroatoms. The Morgan fingerprint density at radius 2 is 0.400 bits per heavy atom. The first kappa shape index (κ1) is 75.5. The number of nitrogens with one attached hydrogen (secondary N) is 2. The molecule has 0 aromatic heterocycles. The topological polar surface area (TPSA) is 474 Å². The van der Waals surface area contributed by atoms with Crippen molar-refractivity contribution in [3.8, 4) is 0 Å². The molecule has 2 amide bonds. The van der Waals surface area contributed by atoms with E-state index in [0.29, 0.717) is 22.7 Å². The summed E-state index contributed by atoms with van der Waals surface area (Å²) in [6, 6.07) is 25.1. The van der Waals surface area contributed by atoms with E-state index in [2.05, 4.69) is 10.6 Å². The Kier molecular flexibility index (Phi) is 32.9. The van der Waals surface area contributed by atoms with Gasteiger partial charge in [-0.15, -0.1) is 0 Å². The first-order chi connectivity index (χ1) is 42.6. The van der Waals surface area contributed by atoms with Crippen LogP contribution >= 0.6 is 0 Å². The molecular weight excluding hydrogens is 1280 g/mol. The SMILES string of the molecule is CNC(=O)CN(CC(=O)O)c1ccccc1N(CCCN(CC(=O)O)c1ccccc1N(CC(=O)O)CC(=O)O)CC(=O)O.CNC(=O)CN(CC(=O)O)c1ccccc1N(CCCN(CC(=O)O)c1ccccc1N(CC(=O)O)CC(=O)O)CC(=O)O.[O]=[Tc]. The first-order valence-electron chi connectivity index (χ1n) is 26.7. The van der Waals surface area contributed by atoms with Crippen molar-refractivity contribution in [1.29, 1.82) is 0 Å². The van der Waals surface area contributed by atoms with Crippen LogP contribution in [0.15, 0.2) is 97.1 Å². The normalized spacial score (nSPS) is 10.2. The van der Waals surface area contributed by atoms with Gasteiger partial charge in [0.15, 0.2) is 0 Å². The molecular formula is C56H70N10O23Tc. The Morgan fingerprint density at radius 3 is 0.544 bits per heavy atom. The number of carbonyl (C=O) groups excluding carboxylic acids is 2. The van der Waals surface area contributed by atoms with E-state index >= 15 is 0 Å². The molecule has 0 unspecified atom stereocenters. The molecule has 0 aliphatic heterocycles. The van der Waals surface area contributed by atoms with Gasteiger partial charge in [-0.1, -0.05) is 48.5 Å². The van der Waals surface area contributed by atoms with Crippen molar-refractivity contribution in [2.24, 2.45) is 0 Å². The Hall–Kier alpha value is -10.6. The Morgan fingerprint density at radius 1 is 0.267 bits per heavy atom. The van der Waals surface area contributed by atoms with Crippen molar-refractivity contribution >= 4 is 117 Å². The molecule has 0 heterocycles. The summed E-state index contributed by atoms with van der Waals surface area (Å²) in [5.74, 6) is -13.3. The molecule has 33 nitrogen and oxygen atoms in total. The van der Waals surface area contributed by atoms with Crippen LogP contribution in [-0.2, 0) is 79.9 Å². The molecule has 0 radical (unpaired) electrons. The summed E-state index contributed by atoms with van der Waals surface area (Å²) in [7, 11) is 2.79. The number of anilines is 8. The van der Waals surface area contributed by atoms with E-state index in [9.17, 15) is 109 Å². The maximum absolute atomic E-state index is 12.1. The molecule has 0 spiro atoms. The number of nitrogens with zero attached hydrogens (tertiary/aromatic N) is 8. The molecule has 0 saturated heterocycles. The van der Waals surface area contributed by atoms with Crippen molar-refractivity contribution in [2.75, 3.05) is 158 Å². The molecule has 0 aliphatic carbocycles. The number of rotatable bonds is 40. The van der Waals surface area contributed by atoms with Crippen molar-refractivity contribution < 1.29 is 131 Å². The van der Waals surface area contributed by atoms with Crippen molar-refractivity contribution in [3.05, 3.63) is 97.1 Å². The average Bonchev–Trinajstić information content (AvgIpc) is 3.57. The number of carbonyl (C=O) groups is 12. The minimum absolute atomic E-state index is 0.0344. The van der Waals surface area contributed by atoms with E-state index in [1.54, 1.807) is 72.8 Å². The quantitative estimate of drug-likeness (QED) is 0.0283. The Bertz CT molecular complexity index is 2900. The molecule has 12 N–H and O–H groups in total. The summed E-state index contributed by atoms with van der Waals surface area (Å²) in [6.45, 7) is -6.23. The van der Waals surface area contributed by atoms with Gasteiger partial charge in [-0.3, -0.25) is 57.5 Å². The van der Waals surface area contributed by atoms with Crippen LogP contribution in [0.5, 0.6) is 0 Å². The molecule has 0 fully saturated rings. The predicted molar refractivity (Wildman–Crippen MR) is 318 cm³/mol. The van der Waals surface area contributed by atoms with E-state index in [1.807, 2.05) is 0 Å². The Balaban J connectivity index is 0.000000597. The van der Waals surface area contributed by atoms with Gasteiger partial charge >= 0.3 is 82.1 Å². The minimum atomic E-state index is -1.29. The average molecular weight is 1350 g/mol. The van der Waals surface area contributed by atoms with Gasteiger partial charge in [-0.05, 0) is 61.4 Å². The number of amides is 2. The second kappa shape index (κ2) is 39.2. The molecule has 0 bridgehead atoms. The monoisotopic (exact) mass is 1350 g/mol. The van der Waals surface area contributed by atoms with Crippen LogP contribution < -0.4 is 49.8 Å². The summed E-state index contributed by atoms with van der Waals surface area (Å²) in [6.07, 6.45) is 0.352. The van der Waals surface area contributed by atoms with Crippen molar-refractivity contribution in [3.63, 3.8) is 0 Å². The van der Waals surface area contributed by atoms with Gasteiger partial charge in [-0.25, -0.2) is 0 Å². The number of hydrogen-bond donors (Lipinski definition) is 12. The molecule has 0 atom stereocenters. The number of benzene rings is 4. The molecule has 489 valence electrons. The second-order valence-corrected chi connectivity index (χ2v) is 19.1. The number of aliphatic carboxylic acids is 10. The van der Waals surface area contributed by atoms with E-state index in [0.717, 1.165) is 28.7 Å². The van der Waals surface area contributed by atoms with Gasteiger partial charge in [0, 0.05) is 40.3 Å². The third kappa shape index (κ3) is 27.0. The third-order valence-electron chi connectivity index (χ3n) is 12.5. The van der Waals surface area contributed by atoms with Gasteiger partial charge < -0.3 is 101 Å². The number of carboxylic acid groups (broad SMARTS) is 10. The molecule has 90 heavy (non-hydrogen) atoms. The first-order valence-corrected chi connectivity index (χ1v) is 27.5. The summed E-state index contributed by atoms with van der Waals surface area (Å²) in [4.78, 5) is 151. The van der Waals surface area contributed by atoms with Crippen molar-refractivity contribution in [1.82, 2.24) is 10.6 Å². The second-order valence-electron chi connectivity index (χ2n) is 19.1. The van der Waals surface area contributed by atoms with Gasteiger partial charge in [0.25, 0.3) is 0 Å². The summed E-state index contributed by atoms with van der Waals surface area (Å²) < 4.78 is 8.22. The number of likely N-dealkylation sites (N-methyl/N-ethyl adjacent to an activating group) is 2. The summed E-state index contributed by atoms with van der Waals surface area (Å²) in [5, 5.41) is 99.6. The van der Waals surface area contributed by atoms with E-state index in [1.165, 1.54) is 67.8 Å². The fourth-order valence-corrected chi connectivity index (χ4v) is 9.08. The van der Waals surface area contributed by atoms with Gasteiger partial charge in [0.1, 0.15) is 65.4 Å². The van der Waals surface area contributed by atoms with Gasteiger partial charge in [-0.2, -0.15) is 0 Å². The number of carboxylic acids is 10. The van der Waals surface area contributed by atoms with Gasteiger partial charge in [0.2, 0.25) is 11.8 Å². The van der Waals surface area contributed by atoms with Crippen LogP contribution in [-0.4, -0.2) is 241 Å². The molecule has 0 saturated carbocycles. The molecule has 0 aliphatic rings. The van der Waals surface area contributed by atoms with Crippen LogP contribution in [0.4, 0.5) is 45.5 Å². The standard InChI is InChI=1S/2C28H35N5O11.O.Tc/c2*1-29-23(34)13-32(16-26(39)40)21-9-4-2-7-19(21)30(14-24(35)36)11-6-12-31(15-25(37)38)20-8-3-5-10-22(20)33(17-27(41)42)18-28(43)44;;/h2*2-5,7-10H,6,11-18H2,1H3,(H,29,34)(H,35,36)(H,37,38)(H,39,40)(H,41,42)(H,43,44);;. The fraction of sp³-hybridized carbons (Fsp3) is 0.357. The maximum atomic E-state index is 12.1. The van der Waals surface area contributed by atoms with E-state index in [-0.39, 0.29) is 74.9 Å². The van der Waals surface area contributed by atoms with Gasteiger partial charge in [0.05, 0.1) is 58.6 Å². The Labute approximate surface area is 524 Å². The fourth-order valence-electron chi connectivity index (χ4n) is 9.08. The number of para-hydroxylation sites is 8. The van der Waals surface area contributed by atoms with Crippen LogP contribution in [0.25, 0.3) is 0 Å². The van der Waals surface area contributed by atoms with E-state index < -0.39 is 137 Å².